The molecule has 0 fully saturated rings. The van der Waals surface area contributed by atoms with Gasteiger partial charge in [-0.2, -0.15) is 0 Å². The van der Waals surface area contributed by atoms with Gasteiger partial charge in [0, 0.05) is 23.0 Å². The molecule has 0 bridgehead atoms. The third-order valence-electron chi connectivity index (χ3n) is 5.84. The Bertz CT molecular complexity index is 970. The van der Waals surface area contributed by atoms with Gasteiger partial charge in [-0.15, -0.1) is 0 Å². The van der Waals surface area contributed by atoms with Gasteiger partial charge in [0.05, 0.1) is 0 Å². The van der Waals surface area contributed by atoms with Gasteiger partial charge >= 0.3 is 0 Å². The highest BCUT2D eigenvalue weighted by atomic mass is 31.1. The fourth-order valence-electron chi connectivity index (χ4n) is 4.18. The van der Waals surface area contributed by atoms with E-state index in [1.165, 1.54) is 22.0 Å². The SMILES string of the molecule is CCCC(CC)(Pc1ccc(C)cc1CNc1ccccc1)c1cc(C)ccc1O. The van der Waals surface area contributed by atoms with Crippen molar-refractivity contribution in [2.24, 2.45) is 0 Å². The Morgan fingerprint density at radius 1 is 0.900 bits per heavy atom. The van der Waals surface area contributed by atoms with Crippen LogP contribution >= 0.6 is 8.58 Å². The molecule has 2 unspecified atom stereocenters. The Morgan fingerprint density at radius 2 is 1.60 bits per heavy atom. The van der Waals surface area contributed by atoms with Gasteiger partial charge in [0.1, 0.15) is 5.75 Å². The fourth-order valence-corrected chi connectivity index (χ4v) is 6.07. The number of rotatable bonds is 9. The number of anilines is 1. The van der Waals surface area contributed by atoms with E-state index in [2.05, 4.69) is 81.5 Å². The van der Waals surface area contributed by atoms with Gasteiger partial charge in [-0.3, -0.25) is 0 Å². The summed E-state index contributed by atoms with van der Waals surface area (Å²) < 4.78 is 0. The molecule has 0 aliphatic heterocycles. The van der Waals surface area contributed by atoms with Gasteiger partial charge < -0.3 is 10.4 Å². The van der Waals surface area contributed by atoms with Crippen LogP contribution in [0.5, 0.6) is 5.75 Å². The summed E-state index contributed by atoms with van der Waals surface area (Å²) in [6.45, 7) is 9.58. The zero-order valence-corrected chi connectivity index (χ0v) is 19.6. The van der Waals surface area contributed by atoms with Crippen LogP contribution in [0.4, 0.5) is 5.69 Å². The average molecular weight is 420 g/mol. The van der Waals surface area contributed by atoms with E-state index < -0.39 is 0 Å². The number of nitrogens with one attached hydrogen (secondary N) is 1. The van der Waals surface area contributed by atoms with Crippen LogP contribution in [0.2, 0.25) is 0 Å². The van der Waals surface area contributed by atoms with Gasteiger partial charge in [0.15, 0.2) is 0 Å². The lowest BCUT2D eigenvalue weighted by Gasteiger charge is -2.35. The van der Waals surface area contributed by atoms with Crippen molar-refractivity contribution in [1.82, 2.24) is 0 Å². The summed E-state index contributed by atoms with van der Waals surface area (Å²) in [4.78, 5) is 0. The summed E-state index contributed by atoms with van der Waals surface area (Å²) >= 11 is 0. The summed E-state index contributed by atoms with van der Waals surface area (Å²) in [5, 5.41) is 15.7. The molecule has 30 heavy (non-hydrogen) atoms. The zero-order valence-electron chi connectivity index (χ0n) is 18.6. The average Bonchev–Trinajstić information content (AvgIpc) is 2.76. The molecule has 0 saturated heterocycles. The molecule has 3 aromatic rings. The summed E-state index contributed by atoms with van der Waals surface area (Å²) in [7, 11) is 0.606. The monoisotopic (exact) mass is 419 g/mol. The Labute approximate surface area is 183 Å². The van der Waals surface area contributed by atoms with Crippen molar-refractivity contribution in [2.45, 2.75) is 58.7 Å². The molecule has 0 aliphatic rings. The Balaban J connectivity index is 1.97. The molecular formula is C27H34NOP. The van der Waals surface area contributed by atoms with Crippen molar-refractivity contribution in [2.75, 3.05) is 5.32 Å². The Hall–Kier alpha value is -2.31. The summed E-state index contributed by atoms with van der Waals surface area (Å²) in [6, 6.07) is 23.2. The topological polar surface area (TPSA) is 32.3 Å². The third-order valence-corrected chi connectivity index (χ3v) is 7.95. The largest absolute Gasteiger partial charge is 0.508 e. The first-order valence-electron chi connectivity index (χ1n) is 10.9. The van der Waals surface area contributed by atoms with E-state index in [4.69, 9.17) is 0 Å². The molecule has 0 saturated carbocycles. The summed E-state index contributed by atoms with van der Waals surface area (Å²) in [5.74, 6) is 0.430. The lowest BCUT2D eigenvalue weighted by atomic mass is 9.89. The lowest BCUT2D eigenvalue weighted by molar-refractivity contribution is 0.442. The van der Waals surface area contributed by atoms with Crippen LogP contribution in [-0.4, -0.2) is 5.11 Å². The third kappa shape index (κ3) is 5.24. The number of aromatic hydroxyl groups is 1. The first-order valence-corrected chi connectivity index (χ1v) is 11.9. The number of para-hydroxylation sites is 1. The highest BCUT2D eigenvalue weighted by molar-refractivity contribution is 7.48. The molecule has 158 valence electrons. The smallest absolute Gasteiger partial charge is 0.119 e. The lowest BCUT2D eigenvalue weighted by Crippen LogP contribution is -2.24. The molecule has 0 aliphatic carbocycles. The molecule has 2 N–H and O–H groups in total. The number of benzene rings is 3. The fraction of sp³-hybridized carbons (Fsp3) is 0.333. The number of hydrogen-bond donors (Lipinski definition) is 2. The maximum atomic E-state index is 10.8. The molecule has 0 radical (unpaired) electrons. The molecule has 3 heteroatoms. The molecule has 2 nitrogen and oxygen atoms in total. The minimum absolute atomic E-state index is 0.0401. The predicted octanol–water partition coefficient (Wildman–Crippen LogP) is 7.03. The van der Waals surface area contributed by atoms with Crippen molar-refractivity contribution >= 4 is 19.6 Å². The van der Waals surface area contributed by atoms with Crippen LogP contribution < -0.4 is 10.6 Å². The first kappa shape index (κ1) is 22.4. The van der Waals surface area contributed by atoms with Crippen LogP contribution in [0.25, 0.3) is 0 Å². The van der Waals surface area contributed by atoms with E-state index in [9.17, 15) is 5.11 Å². The van der Waals surface area contributed by atoms with E-state index >= 15 is 0 Å². The zero-order chi connectivity index (χ0) is 21.6. The molecule has 0 spiro atoms. The normalized spacial score (nSPS) is 13.5. The highest BCUT2D eigenvalue weighted by Gasteiger charge is 2.33. The van der Waals surface area contributed by atoms with Crippen LogP contribution in [0.1, 0.15) is 55.4 Å². The van der Waals surface area contributed by atoms with Gasteiger partial charge in [-0.1, -0.05) is 88.5 Å². The van der Waals surface area contributed by atoms with Crippen molar-refractivity contribution in [3.8, 4) is 5.75 Å². The van der Waals surface area contributed by atoms with Crippen LogP contribution in [0, 0.1) is 13.8 Å². The van der Waals surface area contributed by atoms with Crippen LogP contribution in [0.3, 0.4) is 0 Å². The molecule has 0 aromatic heterocycles. The number of hydrogen-bond acceptors (Lipinski definition) is 2. The molecule has 3 aromatic carbocycles. The minimum atomic E-state index is -0.0401. The second kappa shape index (κ2) is 10.1. The van der Waals surface area contributed by atoms with E-state index in [1.54, 1.807) is 0 Å². The van der Waals surface area contributed by atoms with Crippen molar-refractivity contribution < 1.29 is 5.11 Å². The Kier molecular flexibility index (Phi) is 7.56. The molecule has 3 rings (SSSR count). The van der Waals surface area contributed by atoms with Crippen molar-refractivity contribution in [1.29, 1.82) is 0 Å². The van der Waals surface area contributed by atoms with Gasteiger partial charge in [0.2, 0.25) is 0 Å². The quantitative estimate of drug-likeness (QED) is 0.365. The predicted molar refractivity (Wildman–Crippen MR) is 133 cm³/mol. The standard InChI is InChI=1S/C27H34NOP/c1-5-16-27(6-2,24-18-21(4)12-14-25(24)29)30-26-15-13-20(3)17-22(26)19-28-23-10-8-7-9-11-23/h7-15,17-18,28-30H,5-6,16,19H2,1-4H3. The maximum Gasteiger partial charge on any atom is 0.119 e. The van der Waals surface area contributed by atoms with E-state index in [0.717, 1.165) is 37.1 Å². The molecule has 0 heterocycles. The first-order chi connectivity index (χ1) is 14.5. The van der Waals surface area contributed by atoms with E-state index in [1.807, 2.05) is 18.2 Å². The number of phenols is 1. The number of phenolic OH excluding ortho intramolecular Hbond substituents is 1. The highest BCUT2D eigenvalue weighted by Crippen LogP contribution is 2.51. The van der Waals surface area contributed by atoms with Gasteiger partial charge in [-0.25, -0.2) is 0 Å². The number of aryl methyl sites for hydroxylation is 2. The minimum Gasteiger partial charge on any atom is -0.508 e. The second-order valence-electron chi connectivity index (χ2n) is 8.21. The van der Waals surface area contributed by atoms with Crippen LogP contribution in [-0.2, 0) is 11.7 Å². The van der Waals surface area contributed by atoms with E-state index in [-0.39, 0.29) is 5.16 Å². The van der Waals surface area contributed by atoms with Crippen LogP contribution in [0.15, 0.2) is 66.7 Å². The second-order valence-corrected chi connectivity index (χ2v) is 9.96. The molecular weight excluding hydrogens is 385 g/mol. The summed E-state index contributed by atoms with van der Waals surface area (Å²) in [5.41, 5.74) is 6.08. The van der Waals surface area contributed by atoms with Gasteiger partial charge in [0.25, 0.3) is 0 Å². The molecule has 0 amide bonds. The van der Waals surface area contributed by atoms with Gasteiger partial charge in [-0.05, 0) is 55.8 Å². The molecule has 2 atom stereocenters. The Morgan fingerprint density at radius 3 is 2.30 bits per heavy atom. The van der Waals surface area contributed by atoms with E-state index in [0.29, 0.717) is 14.3 Å². The maximum absolute atomic E-state index is 10.8. The summed E-state index contributed by atoms with van der Waals surface area (Å²) in [6.07, 6.45) is 3.17. The van der Waals surface area contributed by atoms with Crippen molar-refractivity contribution in [3.05, 3.63) is 89.0 Å². The van der Waals surface area contributed by atoms with Crippen molar-refractivity contribution in [3.63, 3.8) is 0 Å².